The molecule has 0 saturated carbocycles. The highest BCUT2D eigenvalue weighted by Crippen LogP contribution is 2.26. The lowest BCUT2D eigenvalue weighted by molar-refractivity contribution is 0.0920. The van der Waals surface area contributed by atoms with E-state index in [1.54, 1.807) is 17.0 Å². The van der Waals surface area contributed by atoms with Crippen molar-refractivity contribution in [2.24, 2.45) is 0 Å². The molecular weight excluding hydrogens is 508 g/mol. The van der Waals surface area contributed by atoms with Gasteiger partial charge in [-0.1, -0.05) is 11.6 Å². The maximum atomic E-state index is 12.3. The Balaban J connectivity index is 0.000000588. The maximum absolute atomic E-state index is 12.3. The molecule has 2 saturated heterocycles. The van der Waals surface area contributed by atoms with Crippen LogP contribution in [0.4, 0.5) is 16.2 Å². The first-order chi connectivity index (χ1) is 16.0. The van der Waals surface area contributed by atoms with Gasteiger partial charge in [0.2, 0.25) is 0 Å². The fourth-order valence-corrected chi connectivity index (χ4v) is 4.16. The van der Waals surface area contributed by atoms with Crippen LogP contribution in [0.25, 0.3) is 0 Å². The van der Waals surface area contributed by atoms with Crippen molar-refractivity contribution >= 4 is 62.5 Å². The lowest BCUT2D eigenvalue weighted by Crippen LogP contribution is -2.38. The summed E-state index contributed by atoms with van der Waals surface area (Å²) in [6, 6.07) is 10.8. The third-order valence-electron chi connectivity index (χ3n) is 4.64. The molecule has 0 unspecified atom stereocenters. The number of amides is 2. The number of hydrogen-bond acceptors (Lipinski definition) is 8. The number of nitrogens with zero attached hydrogens (tertiary/aromatic N) is 2. The van der Waals surface area contributed by atoms with Gasteiger partial charge in [-0.05, 0) is 42.8 Å². The van der Waals surface area contributed by atoms with Gasteiger partial charge in [0.1, 0.15) is 6.10 Å². The standard InChI is InChI=1S/C19H19ClN4O4S.CH4O3S/c20-16-7-6-15(29-16)17(25)22-10-14-11-24(19(26)28-14)13-4-2-12(3-5-13)23-8-1-9-27-18(23)21;1-5(2,3)4/h2-7,14,21H,1,8-11H2,(H,22,25);1H3,(H,2,3,4)/t14-;/m0./s1. The zero-order valence-electron chi connectivity index (χ0n) is 18.1. The van der Waals surface area contributed by atoms with E-state index in [2.05, 4.69) is 5.32 Å². The molecule has 0 spiro atoms. The van der Waals surface area contributed by atoms with Crippen LogP contribution in [0.15, 0.2) is 36.4 Å². The van der Waals surface area contributed by atoms with Crippen molar-refractivity contribution in [2.45, 2.75) is 12.5 Å². The fourth-order valence-electron chi connectivity index (χ4n) is 3.20. The number of halogens is 1. The van der Waals surface area contributed by atoms with Gasteiger partial charge in [0, 0.05) is 17.9 Å². The predicted molar refractivity (Wildman–Crippen MR) is 129 cm³/mol. The quantitative estimate of drug-likeness (QED) is 0.499. The maximum Gasteiger partial charge on any atom is 0.414 e. The first-order valence-corrected chi connectivity index (χ1v) is 13.1. The molecule has 0 radical (unpaired) electrons. The monoisotopic (exact) mass is 530 g/mol. The van der Waals surface area contributed by atoms with Gasteiger partial charge in [0.15, 0.2) is 0 Å². The van der Waals surface area contributed by atoms with E-state index in [-0.39, 0.29) is 18.5 Å². The van der Waals surface area contributed by atoms with Gasteiger partial charge >= 0.3 is 6.09 Å². The van der Waals surface area contributed by atoms with Gasteiger partial charge in [-0.2, -0.15) is 8.42 Å². The van der Waals surface area contributed by atoms with E-state index < -0.39 is 22.3 Å². The van der Waals surface area contributed by atoms with E-state index in [9.17, 15) is 18.0 Å². The Labute approximate surface area is 205 Å². The molecule has 2 fully saturated rings. The summed E-state index contributed by atoms with van der Waals surface area (Å²) in [7, 11) is -3.67. The smallest absolute Gasteiger partial charge is 0.414 e. The number of nitrogens with one attached hydrogen (secondary N) is 2. The minimum Gasteiger partial charge on any atom is -0.465 e. The number of cyclic esters (lactones) is 1. The van der Waals surface area contributed by atoms with E-state index in [0.717, 1.165) is 18.7 Å². The number of ether oxygens (including phenoxy) is 2. The lowest BCUT2D eigenvalue weighted by Gasteiger charge is -2.29. The van der Waals surface area contributed by atoms with E-state index in [1.165, 1.54) is 16.2 Å². The van der Waals surface area contributed by atoms with Crippen molar-refractivity contribution in [2.75, 3.05) is 42.3 Å². The Bertz CT molecular complexity index is 1150. The molecule has 2 aliphatic heterocycles. The van der Waals surface area contributed by atoms with Crippen molar-refractivity contribution in [1.29, 1.82) is 5.41 Å². The summed E-state index contributed by atoms with van der Waals surface area (Å²) in [6.07, 6.45) is 0.677. The number of anilines is 2. The average molecular weight is 531 g/mol. The molecule has 34 heavy (non-hydrogen) atoms. The molecule has 2 aliphatic rings. The molecule has 0 aliphatic carbocycles. The molecule has 184 valence electrons. The minimum atomic E-state index is -3.67. The first kappa shape index (κ1) is 25.7. The Morgan fingerprint density at radius 3 is 2.41 bits per heavy atom. The van der Waals surface area contributed by atoms with E-state index in [0.29, 0.717) is 34.3 Å². The molecule has 0 bridgehead atoms. The Kier molecular flexibility index (Phi) is 8.36. The summed E-state index contributed by atoms with van der Waals surface area (Å²) in [4.78, 5) is 28.2. The van der Waals surface area contributed by atoms with Crippen molar-refractivity contribution in [1.82, 2.24) is 5.32 Å². The number of amidine groups is 1. The van der Waals surface area contributed by atoms with E-state index in [1.807, 2.05) is 24.3 Å². The zero-order chi connectivity index (χ0) is 24.9. The topological polar surface area (TPSA) is 149 Å². The summed E-state index contributed by atoms with van der Waals surface area (Å²) in [5, 5.41) is 10.7. The number of carbonyl (C=O) groups excluding carboxylic acids is 2. The predicted octanol–water partition coefficient (Wildman–Crippen LogP) is 2.82. The highest BCUT2D eigenvalue weighted by molar-refractivity contribution is 7.85. The van der Waals surface area contributed by atoms with Gasteiger partial charge in [0.05, 0.1) is 35.2 Å². The van der Waals surface area contributed by atoms with Crippen LogP contribution in [0.2, 0.25) is 4.34 Å². The molecule has 3 heterocycles. The number of rotatable bonds is 5. The zero-order valence-corrected chi connectivity index (χ0v) is 20.5. The van der Waals surface area contributed by atoms with Crippen LogP contribution in [-0.2, 0) is 19.6 Å². The second-order valence-corrected chi connectivity index (χ2v) is 10.5. The third-order valence-corrected chi connectivity index (χ3v) is 5.87. The summed E-state index contributed by atoms with van der Waals surface area (Å²) < 4.78 is 37.1. The van der Waals surface area contributed by atoms with Gasteiger partial charge in [-0.25, -0.2) is 4.79 Å². The van der Waals surface area contributed by atoms with Crippen LogP contribution in [-0.4, -0.2) is 69.6 Å². The molecule has 1 atom stereocenters. The van der Waals surface area contributed by atoms with Crippen LogP contribution < -0.4 is 15.1 Å². The minimum absolute atomic E-state index is 0.132. The molecule has 11 nitrogen and oxygen atoms in total. The second-order valence-electron chi connectivity index (χ2n) is 7.34. The Morgan fingerprint density at radius 1 is 1.24 bits per heavy atom. The van der Waals surface area contributed by atoms with Crippen molar-refractivity contribution < 1.29 is 32.0 Å². The number of carbonyl (C=O) groups is 2. The van der Waals surface area contributed by atoms with Gasteiger partial charge in [-0.15, -0.1) is 11.3 Å². The largest absolute Gasteiger partial charge is 0.465 e. The normalized spacial score (nSPS) is 18.0. The number of hydrogen-bond donors (Lipinski definition) is 3. The van der Waals surface area contributed by atoms with Crippen LogP contribution in [0.5, 0.6) is 0 Å². The SMILES string of the molecule is CS(=O)(=O)O.N=C1OCCCN1c1ccc(N2C[C@H](CNC(=O)c3ccc(Cl)s3)OC2=O)cc1. The molecule has 2 amide bonds. The third kappa shape index (κ3) is 7.32. The molecule has 1 aromatic carbocycles. The first-order valence-electron chi connectivity index (χ1n) is 10.0. The molecule has 1 aromatic heterocycles. The lowest BCUT2D eigenvalue weighted by atomic mass is 10.2. The second kappa shape index (κ2) is 11.0. The molecule has 2 aromatic rings. The highest BCUT2D eigenvalue weighted by atomic mass is 35.5. The molecule has 14 heteroatoms. The van der Waals surface area contributed by atoms with E-state index in [4.69, 9.17) is 31.0 Å². The Hall–Kier alpha value is -2.87. The number of benzene rings is 1. The van der Waals surface area contributed by atoms with Crippen molar-refractivity contribution in [3.63, 3.8) is 0 Å². The molecular formula is C20H23ClN4O7S2. The van der Waals surface area contributed by atoms with Gasteiger partial charge in [0.25, 0.3) is 22.0 Å². The summed E-state index contributed by atoms with van der Waals surface area (Å²) in [6.45, 7) is 1.84. The van der Waals surface area contributed by atoms with Crippen LogP contribution in [0.3, 0.4) is 0 Å². The summed E-state index contributed by atoms with van der Waals surface area (Å²) >= 11 is 7.04. The van der Waals surface area contributed by atoms with Gasteiger partial charge < -0.3 is 14.8 Å². The van der Waals surface area contributed by atoms with Crippen LogP contribution in [0, 0.1) is 5.41 Å². The van der Waals surface area contributed by atoms with Crippen LogP contribution in [0.1, 0.15) is 16.1 Å². The highest BCUT2D eigenvalue weighted by Gasteiger charge is 2.32. The van der Waals surface area contributed by atoms with Crippen molar-refractivity contribution in [3.05, 3.63) is 45.6 Å². The van der Waals surface area contributed by atoms with Gasteiger partial charge in [-0.3, -0.25) is 24.6 Å². The summed E-state index contributed by atoms with van der Waals surface area (Å²) in [5.41, 5.74) is 1.53. The van der Waals surface area contributed by atoms with E-state index >= 15 is 0 Å². The molecule has 4 rings (SSSR count). The van der Waals surface area contributed by atoms with Crippen molar-refractivity contribution in [3.8, 4) is 0 Å². The number of thiophene rings is 1. The fraction of sp³-hybridized carbons (Fsp3) is 0.350. The molecule has 3 N–H and O–H groups in total. The average Bonchev–Trinajstić information content (AvgIpc) is 3.37. The Morgan fingerprint density at radius 2 is 1.85 bits per heavy atom. The van der Waals surface area contributed by atoms with Crippen LogP contribution >= 0.6 is 22.9 Å². The summed E-state index contributed by atoms with van der Waals surface area (Å²) in [5.74, 6) is -0.244.